The summed E-state index contributed by atoms with van der Waals surface area (Å²) in [5.41, 5.74) is 5.71. The van der Waals surface area contributed by atoms with Crippen molar-refractivity contribution in [2.75, 3.05) is 13.6 Å². The molecule has 3 atom stereocenters. The molecule has 1 aliphatic carbocycles. The zero-order valence-corrected chi connectivity index (χ0v) is 10.2. The van der Waals surface area contributed by atoms with Crippen LogP contribution in [0.25, 0.3) is 0 Å². The number of nitrogens with two attached hydrogens (primary N) is 1. The first-order chi connectivity index (χ1) is 6.54. The molecule has 0 aliphatic heterocycles. The van der Waals surface area contributed by atoms with Crippen LogP contribution >= 0.6 is 0 Å². The Hall–Kier alpha value is -0.0800. The molecular formula is C12H26N2. The lowest BCUT2D eigenvalue weighted by molar-refractivity contribution is 0.105. The van der Waals surface area contributed by atoms with Gasteiger partial charge < -0.3 is 5.73 Å². The molecule has 2 nitrogen and oxygen atoms in total. The topological polar surface area (TPSA) is 29.3 Å². The number of rotatable bonds is 3. The van der Waals surface area contributed by atoms with Crippen LogP contribution < -0.4 is 5.73 Å². The Balaban J connectivity index is 2.50. The van der Waals surface area contributed by atoms with Crippen molar-refractivity contribution in [3.63, 3.8) is 0 Å². The highest BCUT2D eigenvalue weighted by Gasteiger charge is 2.28. The fraction of sp³-hybridized carbons (Fsp3) is 1.00. The van der Waals surface area contributed by atoms with E-state index in [1.165, 1.54) is 19.3 Å². The van der Waals surface area contributed by atoms with Gasteiger partial charge in [0.2, 0.25) is 0 Å². The predicted molar refractivity (Wildman–Crippen MR) is 62.2 cm³/mol. The molecule has 1 saturated carbocycles. The first-order valence-electron chi connectivity index (χ1n) is 5.96. The third-order valence-corrected chi connectivity index (χ3v) is 3.77. The smallest absolute Gasteiger partial charge is 0.0190 e. The molecule has 0 aromatic rings. The van der Waals surface area contributed by atoms with Gasteiger partial charge in [0.05, 0.1) is 0 Å². The minimum Gasteiger partial charge on any atom is -0.329 e. The van der Waals surface area contributed by atoms with E-state index in [9.17, 15) is 0 Å². The Kier molecular flexibility index (Phi) is 4.39. The van der Waals surface area contributed by atoms with Crippen LogP contribution in [-0.4, -0.2) is 30.6 Å². The molecule has 2 N–H and O–H groups in total. The lowest BCUT2D eigenvalue weighted by atomic mass is 9.79. The first kappa shape index (κ1) is 12.0. The fourth-order valence-corrected chi connectivity index (χ4v) is 2.76. The van der Waals surface area contributed by atoms with Crippen LogP contribution in [0.15, 0.2) is 0 Å². The Morgan fingerprint density at radius 3 is 2.14 bits per heavy atom. The average Bonchev–Trinajstić information content (AvgIpc) is 2.14. The summed E-state index contributed by atoms with van der Waals surface area (Å²) in [7, 11) is 2.23. The second-order valence-electron chi connectivity index (χ2n) is 5.32. The fourth-order valence-electron chi connectivity index (χ4n) is 2.76. The summed E-state index contributed by atoms with van der Waals surface area (Å²) in [5.74, 6) is 1.77. The van der Waals surface area contributed by atoms with Gasteiger partial charge in [-0.2, -0.15) is 0 Å². The van der Waals surface area contributed by atoms with Gasteiger partial charge in [-0.05, 0) is 45.1 Å². The van der Waals surface area contributed by atoms with Gasteiger partial charge in [-0.1, -0.05) is 13.8 Å². The van der Waals surface area contributed by atoms with Gasteiger partial charge in [-0.15, -0.1) is 0 Å². The predicted octanol–water partition coefficient (Wildman–Crippen LogP) is 2.09. The van der Waals surface area contributed by atoms with E-state index in [1.807, 2.05) is 0 Å². The molecule has 0 amide bonds. The van der Waals surface area contributed by atoms with Crippen molar-refractivity contribution in [3.8, 4) is 0 Å². The van der Waals surface area contributed by atoms with Crippen molar-refractivity contribution < 1.29 is 0 Å². The lowest BCUT2D eigenvalue weighted by Gasteiger charge is -2.39. The monoisotopic (exact) mass is 198 g/mol. The highest BCUT2D eigenvalue weighted by Crippen LogP contribution is 2.31. The molecule has 3 unspecified atom stereocenters. The third kappa shape index (κ3) is 2.96. The van der Waals surface area contributed by atoms with E-state index in [0.717, 1.165) is 24.4 Å². The summed E-state index contributed by atoms with van der Waals surface area (Å²) < 4.78 is 0. The molecule has 1 rings (SSSR count). The van der Waals surface area contributed by atoms with Gasteiger partial charge in [0.1, 0.15) is 0 Å². The van der Waals surface area contributed by atoms with E-state index < -0.39 is 0 Å². The maximum absolute atomic E-state index is 5.71. The summed E-state index contributed by atoms with van der Waals surface area (Å²) in [4.78, 5) is 2.48. The SMILES string of the molecule is CC1CC(C)CC(N(C)C(C)CN)C1. The van der Waals surface area contributed by atoms with Crippen LogP contribution in [0, 0.1) is 11.8 Å². The van der Waals surface area contributed by atoms with E-state index in [0.29, 0.717) is 6.04 Å². The van der Waals surface area contributed by atoms with Crippen LogP contribution in [0.5, 0.6) is 0 Å². The van der Waals surface area contributed by atoms with Crippen molar-refractivity contribution in [1.82, 2.24) is 4.90 Å². The van der Waals surface area contributed by atoms with Crippen LogP contribution in [0.3, 0.4) is 0 Å². The molecule has 0 aromatic carbocycles. The molecule has 0 bridgehead atoms. The van der Waals surface area contributed by atoms with Crippen LogP contribution in [-0.2, 0) is 0 Å². The first-order valence-corrected chi connectivity index (χ1v) is 5.96. The molecule has 0 heterocycles. The lowest BCUT2D eigenvalue weighted by Crippen LogP contribution is -2.45. The summed E-state index contributed by atoms with van der Waals surface area (Å²) in [5, 5.41) is 0. The molecule has 0 spiro atoms. The number of likely N-dealkylation sites (N-methyl/N-ethyl adjacent to an activating group) is 1. The third-order valence-electron chi connectivity index (χ3n) is 3.77. The number of hydrogen-bond donors (Lipinski definition) is 1. The maximum Gasteiger partial charge on any atom is 0.0190 e. The molecule has 14 heavy (non-hydrogen) atoms. The van der Waals surface area contributed by atoms with E-state index in [2.05, 4.69) is 32.7 Å². The largest absolute Gasteiger partial charge is 0.329 e. The average molecular weight is 198 g/mol. The summed E-state index contributed by atoms with van der Waals surface area (Å²) in [6.07, 6.45) is 4.11. The van der Waals surface area contributed by atoms with Crippen molar-refractivity contribution in [1.29, 1.82) is 0 Å². The Morgan fingerprint density at radius 1 is 1.21 bits per heavy atom. The van der Waals surface area contributed by atoms with Crippen molar-refractivity contribution in [2.45, 2.75) is 52.1 Å². The Bertz CT molecular complexity index is 160. The Labute approximate surface area is 88.8 Å². The highest BCUT2D eigenvalue weighted by atomic mass is 15.2. The van der Waals surface area contributed by atoms with Crippen LogP contribution in [0.2, 0.25) is 0 Å². The molecule has 84 valence electrons. The van der Waals surface area contributed by atoms with Crippen molar-refractivity contribution in [2.24, 2.45) is 17.6 Å². The normalized spacial score (nSPS) is 36.0. The summed E-state index contributed by atoms with van der Waals surface area (Å²) in [6.45, 7) is 7.76. The van der Waals surface area contributed by atoms with Gasteiger partial charge in [0.15, 0.2) is 0 Å². The summed E-state index contributed by atoms with van der Waals surface area (Å²) in [6, 6.07) is 1.28. The number of hydrogen-bond acceptors (Lipinski definition) is 2. The zero-order valence-electron chi connectivity index (χ0n) is 10.2. The molecule has 2 heteroatoms. The molecule has 0 aromatic heterocycles. The van der Waals surface area contributed by atoms with E-state index in [1.54, 1.807) is 0 Å². The van der Waals surface area contributed by atoms with Crippen LogP contribution in [0.1, 0.15) is 40.0 Å². The van der Waals surface area contributed by atoms with Gasteiger partial charge >= 0.3 is 0 Å². The molecule has 1 aliphatic rings. The van der Waals surface area contributed by atoms with Crippen LogP contribution in [0.4, 0.5) is 0 Å². The molecule has 0 radical (unpaired) electrons. The van der Waals surface area contributed by atoms with Gasteiger partial charge in [0, 0.05) is 18.6 Å². The van der Waals surface area contributed by atoms with Crippen molar-refractivity contribution >= 4 is 0 Å². The van der Waals surface area contributed by atoms with Gasteiger partial charge in [-0.3, -0.25) is 4.90 Å². The second kappa shape index (κ2) is 5.13. The number of nitrogens with zero attached hydrogens (tertiary/aromatic N) is 1. The quantitative estimate of drug-likeness (QED) is 0.752. The van der Waals surface area contributed by atoms with E-state index in [-0.39, 0.29) is 0 Å². The molecular weight excluding hydrogens is 172 g/mol. The standard InChI is InChI=1S/C12H26N2/c1-9-5-10(2)7-12(6-9)14(4)11(3)8-13/h9-12H,5-8,13H2,1-4H3. The second-order valence-corrected chi connectivity index (χ2v) is 5.32. The molecule has 0 saturated heterocycles. The van der Waals surface area contributed by atoms with Crippen molar-refractivity contribution in [3.05, 3.63) is 0 Å². The maximum atomic E-state index is 5.71. The van der Waals surface area contributed by atoms with E-state index >= 15 is 0 Å². The van der Waals surface area contributed by atoms with E-state index in [4.69, 9.17) is 5.73 Å². The summed E-state index contributed by atoms with van der Waals surface area (Å²) >= 11 is 0. The minimum absolute atomic E-state index is 0.525. The minimum atomic E-state index is 0.525. The van der Waals surface area contributed by atoms with Gasteiger partial charge in [0.25, 0.3) is 0 Å². The zero-order chi connectivity index (χ0) is 10.7. The Morgan fingerprint density at radius 2 is 1.71 bits per heavy atom. The van der Waals surface area contributed by atoms with Gasteiger partial charge in [-0.25, -0.2) is 0 Å². The molecule has 1 fully saturated rings. The highest BCUT2D eigenvalue weighted by molar-refractivity contribution is 4.82.